The summed E-state index contributed by atoms with van der Waals surface area (Å²) in [6.45, 7) is 23.7. The van der Waals surface area contributed by atoms with E-state index in [1.165, 1.54) is 74.6 Å². The number of hydrogen-bond donors (Lipinski definition) is 0. The molecule has 0 saturated carbocycles. The van der Waals surface area contributed by atoms with Gasteiger partial charge in [0.25, 0.3) is 6.71 Å². The highest BCUT2D eigenvalue weighted by Crippen LogP contribution is 2.53. The Morgan fingerprint density at radius 1 is 0.452 bits per heavy atom. The van der Waals surface area contributed by atoms with Gasteiger partial charge in [0, 0.05) is 78.7 Å². The highest BCUT2D eigenvalue weighted by molar-refractivity contribution is 7.40. The molecule has 4 atom stereocenters. The predicted octanol–water partition coefficient (Wildman–Crippen LogP) is 13.7. The monoisotopic (exact) mass is 1000 g/mol. The molecule has 4 unspecified atom stereocenters. The molecule has 7 aromatic rings. The molecule has 0 N–H and O–H groups in total. The maximum absolute atomic E-state index is 6.78. The van der Waals surface area contributed by atoms with E-state index in [1.807, 2.05) is 22.7 Å². The van der Waals surface area contributed by atoms with Crippen molar-refractivity contribution in [3.63, 3.8) is 0 Å². The van der Waals surface area contributed by atoms with Crippen LogP contribution in [0.1, 0.15) is 103 Å². The van der Waals surface area contributed by atoms with Crippen molar-refractivity contribution in [1.82, 2.24) is 0 Å². The van der Waals surface area contributed by atoms with Gasteiger partial charge in [0.15, 0.2) is 0 Å². The predicted molar refractivity (Wildman–Crippen MR) is 308 cm³/mol. The van der Waals surface area contributed by atoms with Gasteiger partial charge in [-0.1, -0.05) is 135 Å². The summed E-state index contributed by atoms with van der Waals surface area (Å²) < 4.78 is 32.2. The first-order valence-corrected chi connectivity index (χ1v) is 28.1. The van der Waals surface area contributed by atoms with Gasteiger partial charge in [0.1, 0.15) is 24.4 Å². The molecule has 2 aromatic heterocycles. The second-order valence-electron chi connectivity index (χ2n) is 23.9. The molecule has 73 heavy (non-hydrogen) atoms. The zero-order chi connectivity index (χ0) is 50.1. The molecule has 5 aromatic carbocycles. The second-order valence-corrected chi connectivity index (χ2v) is 26.0. The normalized spacial score (nSPS) is 22.0. The average Bonchev–Trinajstić information content (AvgIpc) is 3.72. The van der Waals surface area contributed by atoms with Gasteiger partial charge in [0.05, 0.1) is 22.8 Å². The summed E-state index contributed by atoms with van der Waals surface area (Å²) in [6, 6.07) is 41.5. The smallest absolute Gasteiger partial charge is 0.277 e. The molecule has 0 bridgehead atoms. The molecule has 0 spiro atoms. The molecular weight excluding hydrogens is 936 g/mol. The highest BCUT2D eigenvalue weighted by atomic mass is 32.1. The number of thiophene rings is 2. The Bertz CT molecular complexity index is 3250. The zero-order valence-corrected chi connectivity index (χ0v) is 45.3. The molecule has 4 aliphatic heterocycles. The Morgan fingerprint density at radius 3 is 1.22 bits per heavy atom. The lowest BCUT2D eigenvalue weighted by molar-refractivity contribution is 0.0139. The molecule has 6 aliphatic rings. The topological polar surface area (TPSA) is 43.4 Å². The van der Waals surface area contributed by atoms with E-state index in [1.54, 1.807) is 0 Å². The number of fused-ring (bicyclic) bond motifs is 10. The molecule has 2 fully saturated rings. The first kappa shape index (κ1) is 47.2. The molecule has 370 valence electrons. The van der Waals surface area contributed by atoms with Crippen LogP contribution in [0.4, 0.5) is 22.7 Å². The lowest BCUT2D eigenvalue weighted by Gasteiger charge is -2.46. The van der Waals surface area contributed by atoms with Crippen LogP contribution in [-0.2, 0) is 35.2 Å². The van der Waals surface area contributed by atoms with Gasteiger partial charge in [-0.15, -0.1) is 22.7 Å². The van der Waals surface area contributed by atoms with E-state index in [-0.39, 0.29) is 47.4 Å². The minimum absolute atomic E-state index is 0.0420. The van der Waals surface area contributed by atoms with E-state index in [0.717, 1.165) is 46.5 Å². The summed E-state index contributed by atoms with van der Waals surface area (Å²) in [4.78, 5) is 5.34. The lowest BCUT2D eigenvalue weighted by atomic mass is 9.39. The number of allylic oxidation sites excluding steroid dienone is 2. The third-order valence-corrected chi connectivity index (χ3v) is 18.3. The molecule has 9 heteroatoms. The van der Waals surface area contributed by atoms with Crippen molar-refractivity contribution in [3.8, 4) is 0 Å². The first-order chi connectivity index (χ1) is 35.1. The fourth-order valence-electron chi connectivity index (χ4n) is 11.9. The maximum Gasteiger partial charge on any atom is 0.277 e. The Morgan fingerprint density at radius 2 is 0.836 bits per heavy atom. The van der Waals surface area contributed by atoms with Crippen molar-refractivity contribution < 1.29 is 18.9 Å². The van der Waals surface area contributed by atoms with Crippen molar-refractivity contribution in [1.29, 1.82) is 0 Å². The summed E-state index contributed by atoms with van der Waals surface area (Å²) in [6.07, 6.45) is 10.4. The Labute approximate surface area is 439 Å². The summed E-state index contributed by atoms with van der Waals surface area (Å²) in [5, 5.41) is 2.57. The number of ether oxygens (including phenoxy) is 4. The minimum Gasteiger partial charge on any atom is -0.371 e. The average molecular weight is 1000 g/mol. The molecule has 13 rings (SSSR count). The Kier molecular flexibility index (Phi) is 11.3. The fraction of sp³-hybridized carbons (Fsp3) is 0.344. The van der Waals surface area contributed by atoms with E-state index in [9.17, 15) is 0 Å². The van der Waals surface area contributed by atoms with Crippen LogP contribution in [0.15, 0.2) is 145 Å². The van der Waals surface area contributed by atoms with E-state index in [2.05, 4.69) is 206 Å². The largest absolute Gasteiger partial charge is 0.371 e. The van der Waals surface area contributed by atoms with Gasteiger partial charge in [-0.25, -0.2) is 0 Å². The van der Waals surface area contributed by atoms with E-state index < -0.39 is 0 Å². The molecule has 2 saturated heterocycles. The van der Waals surface area contributed by atoms with Crippen LogP contribution in [-0.4, -0.2) is 57.6 Å². The van der Waals surface area contributed by atoms with Crippen LogP contribution < -0.4 is 24.8 Å². The highest BCUT2D eigenvalue weighted by Gasteiger charge is 2.50. The Balaban J connectivity index is 1.17. The number of hydrogen-bond acceptors (Lipinski definition) is 8. The van der Waals surface area contributed by atoms with Crippen LogP contribution in [0.2, 0.25) is 0 Å². The van der Waals surface area contributed by atoms with Gasteiger partial charge in [-0.3, -0.25) is 0 Å². The van der Waals surface area contributed by atoms with Gasteiger partial charge < -0.3 is 28.7 Å². The molecule has 0 radical (unpaired) electrons. The SMILES string of the molecule is CC(C)(C)c1cc2c3c(c1)N(C1=CC4OCCCOC4C=C1c1ccccc1)c1c(sc4ccc(C(C)(C)C)cc14)B3c1sc3ccc(C(C)(C)C)cc3c1N2C1=CC2OCCCOC2C=C1c1ccccc1. The number of nitrogens with zero attached hydrogens (tertiary/aromatic N) is 2. The van der Waals surface area contributed by atoms with Gasteiger partial charge in [-0.05, 0) is 123 Å². The van der Waals surface area contributed by atoms with Crippen molar-refractivity contribution >= 4 is 98.5 Å². The van der Waals surface area contributed by atoms with Crippen molar-refractivity contribution in [2.75, 3.05) is 36.2 Å². The van der Waals surface area contributed by atoms with Gasteiger partial charge >= 0.3 is 0 Å². The number of benzene rings is 5. The summed E-state index contributed by atoms with van der Waals surface area (Å²) in [7, 11) is 0. The standard InChI is InChI=1S/C64H65BN2O4S2/c1-62(2,3)40-22-24-55-45(30-40)58-60(72-55)65-57-49(66(58)47-36-53-51(68-26-16-28-70-53)34-43(47)38-18-12-10-13-19-38)32-42(64(7,8)9)33-50(57)67(59-46-31-41(63(4,5)6)23-25-56(46)73-61(59)65)48-37-54-52(69-27-17-29-71-54)35-44(48)39-20-14-11-15-21-39/h10-15,18-25,30-37,51-54H,16-17,26-29H2,1-9H3. The molecule has 2 aliphatic carbocycles. The van der Waals surface area contributed by atoms with E-state index >= 15 is 0 Å². The Hall–Kier alpha value is -5.52. The van der Waals surface area contributed by atoms with Crippen molar-refractivity contribution in [2.24, 2.45) is 0 Å². The van der Waals surface area contributed by atoms with Crippen LogP contribution in [0, 0.1) is 0 Å². The van der Waals surface area contributed by atoms with Crippen LogP contribution in [0.5, 0.6) is 0 Å². The third kappa shape index (κ3) is 7.95. The molecule has 0 amide bonds. The third-order valence-electron chi connectivity index (χ3n) is 15.8. The van der Waals surface area contributed by atoms with Crippen LogP contribution in [0.3, 0.4) is 0 Å². The molecule has 6 nitrogen and oxygen atoms in total. The van der Waals surface area contributed by atoms with Crippen molar-refractivity contribution in [2.45, 2.75) is 116 Å². The van der Waals surface area contributed by atoms with E-state index in [4.69, 9.17) is 18.9 Å². The lowest BCUT2D eigenvalue weighted by Crippen LogP contribution is -2.60. The minimum atomic E-state index is -0.244. The number of anilines is 4. The van der Waals surface area contributed by atoms with Gasteiger partial charge in [0.2, 0.25) is 0 Å². The molecular formula is C64H65BN2O4S2. The summed E-state index contributed by atoms with van der Waals surface area (Å²) in [5.41, 5.74) is 16.8. The second kappa shape index (κ2) is 17.5. The first-order valence-electron chi connectivity index (χ1n) is 26.5. The zero-order valence-electron chi connectivity index (χ0n) is 43.7. The van der Waals surface area contributed by atoms with Gasteiger partial charge in [-0.2, -0.15) is 0 Å². The summed E-state index contributed by atoms with van der Waals surface area (Å²) in [5.74, 6) is 0. The van der Waals surface area contributed by atoms with Crippen LogP contribution in [0.25, 0.3) is 31.3 Å². The molecule has 6 heterocycles. The fourth-order valence-corrected chi connectivity index (χ4v) is 14.5. The quantitative estimate of drug-likeness (QED) is 0.164. The number of rotatable bonds is 4. The summed E-state index contributed by atoms with van der Waals surface area (Å²) >= 11 is 3.94. The van der Waals surface area contributed by atoms with Crippen molar-refractivity contribution in [3.05, 3.63) is 173 Å². The maximum atomic E-state index is 6.78. The van der Waals surface area contributed by atoms with E-state index in [0.29, 0.717) is 26.4 Å². The van der Waals surface area contributed by atoms with Crippen LogP contribution >= 0.6 is 22.7 Å².